The molecule has 1 radical (unpaired) electrons. The third-order valence-corrected chi connectivity index (χ3v) is 1.35. The zero-order valence-electron chi connectivity index (χ0n) is 7.11. The maximum atomic E-state index is 5.30. The predicted octanol–water partition coefficient (Wildman–Crippen LogP) is 0.929. The first kappa shape index (κ1) is 9.92. The zero-order valence-corrected chi connectivity index (χ0v) is 7.11. The molecule has 0 aromatic heterocycles. The monoisotopic (exact) mass is 143 g/mol. The predicted molar refractivity (Wildman–Crippen MR) is 45.7 cm³/mol. The van der Waals surface area contributed by atoms with Crippen LogP contribution in [-0.4, -0.2) is 19.6 Å². The van der Waals surface area contributed by atoms with E-state index in [1.807, 2.05) is 0 Å². The molecule has 0 bridgehead atoms. The van der Waals surface area contributed by atoms with Gasteiger partial charge >= 0.3 is 0 Å². The summed E-state index contributed by atoms with van der Waals surface area (Å²) in [6.07, 6.45) is 2.47. The van der Waals surface area contributed by atoms with Crippen LogP contribution in [0, 0.1) is 5.92 Å². The molecule has 61 valence electrons. The Morgan fingerprint density at radius 2 is 2.00 bits per heavy atom. The highest BCUT2D eigenvalue weighted by atomic mass is 14.9. The maximum Gasteiger partial charge on any atom is 0.00745 e. The van der Waals surface area contributed by atoms with Crippen LogP contribution in [0.2, 0.25) is 0 Å². The van der Waals surface area contributed by atoms with Gasteiger partial charge in [-0.3, -0.25) is 0 Å². The van der Waals surface area contributed by atoms with Crippen LogP contribution in [0.25, 0.3) is 0 Å². The van der Waals surface area contributed by atoms with Crippen molar-refractivity contribution >= 4 is 0 Å². The lowest BCUT2D eigenvalue weighted by Crippen LogP contribution is -2.23. The van der Waals surface area contributed by atoms with Gasteiger partial charge in [-0.15, -0.1) is 0 Å². The lowest BCUT2D eigenvalue weighted by molar-refractivity contribution is 0.633. The summed E-state index contributed by atoms with van der Waals surface area (Å²) in [4.78, 5) is 0. The Labute approximate surface area is 64.2 Å². The molecule has 3 N–H and O–H groups in total. The molecule has 0 spiro atoms. The average Bonchev–Trinajstić information content (AvgIpc) is 1.87. The van der Waals surface area contributed by atoms with Gasteiger partial charge in [0.1, 0.15) is 0 Å². The van der Waals surface area contributed by atoms with E-state index in [1.165, 1.54) is 18.8 Å². The second kappa shape index (κ2) is 7.03. The molecule has 0 aromatic rings. The quantitative estimate of drug-likeness (QED) is 0.543. The van der Waals surface area contributed by atoms with E-state index >= 15 is 0 Å². The molecule has 0 atom stereocenters. The van der Waals surface area contributed by atoms with Gasteiger partial charge in [0.25, 0.3) is 0 Å². The Hall–Kier alpha value is -0.0800. The van der Waals surface area contributed by atoms with Gasteiger partial charge in [-0.25, -0.2) is 0 Å². The molecule has 0 saturated heterocycles. The van der Waals surface area contributed by atoms with E-state index in [0.29, 0.717) is 0 Å². The van der Waals surface area contributed by atoms with E-state index in [2.05, 4.69) is 19.2 Å². The summed E-state index contributed by atoms with van der Waals surface area (Å²) in [5, 5.41) is 3.25. The Morgan fingerprint density at radius 3 is 2.50 bits per heavy atom. The highest BCUT2D eigenvalue weighted by Crippen LogP contribution is 2.03. The van der Waals surface area contributed by atoms with Gasteiger partial charge in [-0.1, -0.05) is 13.8 Å². The topological polar surface area (TPSA) is 38.0 Å². The van der Waals surface area contributed by atoms with E-state index < -0.39 is 0 Å². The Kier molecular flexibility index (Phi) is 6.98. The molecular weight excluding hydrogens is 124 g/mol. The molecule has 2 heteroatoms. The summed E-state index contributed by atoms with van der Waals surface area (Å²) in [6, 6.07) is 0. The normalized spacial score (nSPS) is 10.8. The summed E-state index contributed by atoms with van der Waals surface area (Å²) in [6.45, 7) is 7.13. The molecule has 0 fully saturated rings. The first-order valence-electron chi connectivity index (χ1n) is 3.97. The fraction of sp³-hybridized carbons (Fsp3) is 0.875. The summed E-state index contributed by atoms with van der Waals surface area (Å²) in [5.41, 5.74) is 5.30. The highest BCUT2D eigenvalue weighted by molar-refractivity contribution is 4.76. The van der Waals surface area contributed by atoms with Crippen molar-refractivity contribution in [3.05, 3.63) is 5.92 Å². The summed E-state index contributed by atoms with van der Waals surface area (Å²) in [7, 11) is 0. The summed E-state index contributed by atoms with van der Waals surface area (Å²) >= 11 is 0. The van der Waals surface area contributed by atoms with Gasteiger partial charge in [0.05, 0.1) is 0 Å². The molecule has 10 heavy (non-hydrogen) atoms. The molecule has 0 unspecified atom stereocenters. The Balaban J connectivity index is 2.77. The van der Waals surface area contributed by atoms with Crippen LogP contribution in [0.4, 0.5) is 0 Å². The lowest BCUT2D eigenvalue weighted by Gasteiger charge is -2.04. The van der Waals surface area contributed by atoms with E-state index in [9.17, 15) is 0 Å². The maximum absolute atomic E-state index is 5.30. The van der Waals surface area contributed by atoms with Gasteiger partial charge in [0.2, 0.25) is 0 Å². The van der Waals surface area contributed by atoms with Gasteiger partial charge in [-0.05, 0) is 25.3 Å². The molecule has 0 aromatic carbocycles. The smallest absolute Gasteiger partial charge is 0.00745 e. The third kappa shape index (κ3) is 7.92. The van der Waals surface area contributed by atoms with Gasteiger partial charge in [0, 0.05) is 13.1 Å². The van der Waals surface area contributed by atoms with Crippen molar-refractivity contribution in [2.75, 3.05) is 19.6 Å². The van der Waals surface area contributed by atoms with Crippen LogP contribution < -0.4 is 11.1 Å². The standard InChI is InChI=1S/C8H19N2/c1-8(2)4-3-6-10-7-5-9/h10H,3-7,9H2,1-2H3. The van der Waals surface area contributed by atoms with Crippen LogP contribution >= 0.6 is 0 Å². The van der Waals surface area contributed by atoms with Crippen molar-refractivity contribution in [1.29, 1.82) is 0 Å². The number of nitrogens with one attached hydrogen (secondary N) is 1. The Bertz CT molecular complexity index is 62.3. The molecule has 0 heterocycles. The molecular formula is C8H19N2. The molecule has 0 aliphatic carbocycles. The van der Waals surface area contributed by atoms with E-state index in [1.54, 1.807) is 0 Å². The molecule has 0 amide bonds. The first-order chi connectivity index (χ1) is 4.77. The highest BCUT2D eigenvalue weighted by Gasteiger charge is 1.92. The van der Waals surface area contributed by atoms with Crippen molar-refractivity contribution < 1.29 is 0 Å². The summed E-state index contributed by atoms with van der Waals surface area (Å²) < 4.78 is 0. The van der Waals surface area contributed by atoms with E-state index in [-0.39, 0.29) is 0 Å². The van der Waals surface area contributed by atoms with Crippen molar-refractivity contribution in [1.82, 2.24) is 5.32 Å². The van der Waals surface area contributed by atoms with Crippen molar-refractivity contribution in [3.63, 3.8) is 0 Å². The SMILES string of the molecule is C[C](C)CCCNCCN. The largest absolute Gasteiger partial charge is 0.329 e. The van der Waals surface area contributed by atoms with Crippen molar-refractivity contribution in [3.8, 4) is 0 Å². The molecule has 2 nitrogen and oxygen atoms in total. The van der Waals surface area contributed by atoms with Crippen molar-refractivity contribution in [2.45, 2.75) is 26.7 Å². The first-order valence-corrected chi connectivity index (χ1v) is 3.97. The minimum absolute atomic E-state index is 0.745. The number of rotatable bonds is 6. The number of hydrogen-bond donors (Lipinski definition) is 2. The second-order valence-corrected chi connectivity index (χ2v) is 2.85. The van der Waals surface area contributed by atoms with E-state index in [0.717, 1.165) is 19.6 Å². The van der Waals surface area contributed by atoms with Crippen LogP contribution in [0.15, 0.2) is 0 Å². The molecule has 0 saturated carbocycles. The Morgan fingerprint density at radius 1 is 1.30 bits per heavy atom. The molecule has 0 aliphatic rings. The zero-order chi connectivity index (χ0) is 7.82. The minimum atomic E-state index is 0.745. The average molecular weight is 143 g/mol. The van der Waals surface area contributed by atoms with Gasteiger partial charge in [-0.2, -0.15) is 0 Å². The third-order valence-electron chi connectivity index (χ3n) is 1.35. The van der Waals surface area contributed by atoms with Gasteiger partial charge < -0.3 is 11.1 Å². The van der Waals surface area contributed by atoms with Crippen LogP contribution in [0.3, 0.4) is 0 Å². The van der Waals surface area contributed by atoms with Crippen molar-refractivity contribution in [2.24, 2.45) is 5.73 Å². The molecule has 0 aliphatic heterocycles. The minimum Gasteiger partial charge on any atom is -0.329 e. The van der Waals surface area contributed by atoms with Crippen LogP contribution in [0.5, 0.6) is 0 Å². The second-order valence-electron chi connectivity index (χ2n) is 2.85. The fourth-order valence-corrected chi connectivity index (χ4v) is 0.794. The molecule has 0 rings (SSSR count). The number of hydrogen-bond acceptors (Lipinski definition) is 2. The summed E-state index contributed by atoms with van der Waals surface area (Å²) in [5.74, 6) is 1.51. The van der Waals surface area contributed by atoms with Gasteiger partial charge in [0.15, 0.2) is 0 Å². The fourth-order valence-electron chi connectivity index (χ4n) is 0.794. The van der Waals surface area contributed by atoms with Crippen LogP contribution in [0.1, 0.15) is 26.7 Å². The number of nitrogens with two attached hydrogens (primary N) is 1. The van der Waals surface area contributed by atoms with E-state index in [4.69, 9.17) is 5.73 Å². The lowest BCUT2D eigenvalue weighted by atomic mass is 10.1. The van der Waals surface area contributed by atoms with Crippen LogP contribution in [-0.2, 0) is 0 Å².